The highest BCUT2D eigenvalue weighted by Gasteiger charge is 2.56. The molecule has 2 aromatic carbocycles. The Morgan fingerprint density at radius 3 is 2.47 bits per heavy atom. The lowest BCUT2D eigenvalue weighted by atomic mass is 9.59. The molecule has 1 aromatic heterocycles. The van der Waals surface area contributed by atoms with Gasteiger partial charge in [-0.3, -0.25) is 0 Å². The molecule has 1 aliphatic heterocycles. The molecule has 62 heavy (non-hydrogen) atoms. The van der Waals surface area contributed by atoms with Crippen LogP contribution in [0, 0.1) is 16.7 Å². The topological polar surface area (TPSA) is 49.6 Å². The molecule has 0 saturated heterocycles. The molecule has 4 heteroatoms. The van der Waals surface area contributed by atoms with E-state index in [2.05, 4.69) is 139 Å². The Labute approximate surface area is 371 Å². The molecule has 3 aromatic rings. The number of fused-ring (bicyclic) bond motifs is 7. The SMILES string of the molecule is N#CC1=CC=C(c2ccc(C3=CCCC4=C3C3=C(CC(c5cc(C6CC=CCC6)nc(-c6ccccc6)n5)C=C3)C43C4=CCCC=C4SC4=C3C=CCC4)c3c2C=CCC3)CC1. The third kappa shape index (κ3) is 6.06. The monoisotopic (exact) mass is 821 g/mol. The maximum Gasteiger partial charge on any atom is 0.159 e. The minimum atomic E-state index is -0.277. The van der Waals surface area contributed by atoms with Gasteiger partial charge in [0.15, 0.2) is 5.82 Å². The van der Waals surface area contributed by atoms with E-state index in [1.54, 1.807) is 27.2 Å². The smallest absolute Gasteiger partial charge is 0.159 e. The zero-order valence-corrected chi connectivity index (χ0v) is 36.2. The van der Waals surface area contributed by atoms with Crippen LogP contribution in [-0.2, 0) is 6.42 Å². The summed E-state index contributed by atoms with van der Waals surface area (Å²) in [6.45, 7) is 0. The molecule has 0 radical (unpaired) electrons. The molecule has 0 saturated carbocycles. The average molecular weight is 822 g/mol. The third-order valence-corrected chi connectivity index (χ3v) is 16.3. The fraction of sp³-hybridized carbons (Fsp3) is 0.293. The summed E-state index contributed by atoms with van der Waals surface area (Å²) in [6.07, 6.45) is 46.1. The minimum Gasteiger partial charge on any atom is -0.233 e. The molecule has 9 aliphatic rings. The maximum atomic E-state index is 9.58. The second-order valence-corrected chi connectivity index (χ2v) is 19.5. The van der Waals surface area contributed by atoms with Gasteiger partial charge >= 0.3 is 0 Å². The van der Waals surface area contributed by atoms with E-state index in [0.29, 0.717) is 5.92 Å². The lowest BCUT2D eigenvalue weighted by molar-refractivity contribution is 0.552. The second kappa shape index (κ2) is 15.5. The van der Waals surface area contributed by atoms with Gasteiger partial charge in [-0.05, 0) is 174 Å². The van der Waals surface area contributed by atoms with Crippen LogP contribution >= 0.6 is 11.8 Å². The number of hydrogen-bond acceptors (Lipinski definition) is 4. The Hall–Kier alpha value is -5.76. The molecular weight excluding hydrogens is 771 g/mol. The van der Waals surface area contributed by atoms with Gasteiger partial charge in [0.1, 0.15) is 0 Å². The first-order valence-electron chi connectivity index (χ1n) is 23.3. The number of thioether (sulfide) groups is 1. The average Bonchev–Trinajstić information content (AvgIpc) is 3.64. The molecule has 12 rings (SSSR count). The second-order valence-electron chi connectivity index (χ2n) is 18.3. The van der Waals surface area contributed by atoms with Gasteiger partial charge in [-0.15, -0.1) is 0 Å². The largest absolute Gasteiger partial charge is 0.233 e. The van der Waals surface area contributed by atoms with Crippen molar-refractivity contribution in [3.8, 4) is 17.5 Å². The summed E-state index contributed by atoms with van der Waals surface area (Å²) in [5, 5.41) is 9.58. The van der Waals surface area contributed by atoms with Gasteiger partial charge in [0.25, 0.3) is 0 Å². The molecule has 0 bridgehead atoms. The van der Waals surface area contributed by atoms with Crippen LogP contribution in [-0.4, -0.2) is 9.97 Å². The molecule has 8 aliphatic carbocycles. The predicted molar refractivity (Wildman–Crippen MR) is 256 cm³/mol. The van der Waals surface area contributed by atoms with Crippen molar-refractivity contribution in [2.45, 2.75) is 102 Å². The molecule has 0 amide bonds. The van der Waals surface area contributed by atoms with Gasteiger partial charge in [0.05, 0.1) is 17.2 Å². The fourth-order valence-electron chi connectivity index (χ4n) is 12.2. The third-order valence-electron chi connectivity index (χ3n) is 15.0. The van der Waals surface area contributed by atoms with Crippen LogP contribution in [0.15, 0.2) is 170 Å². The van der Waals surface area contributed by atoms with Crippen LogP contribution in [0.1, 0.15) is 129 Å². The summed E-state index contributed by atoms with van der Waals surface area (Å²) in [5.74, 6) is 1.41. The van der Waals surface area contributed by atoms with Crippen molar-refractivity contribution in [2.75, 3.05) is 0 Å². The molecule has 304 valence electrons. The number of allylic oxidation sites excluding steroid dienone is 22. The Balaban J connectivity index is 1.04. The van der Waals surface area contributed by atoms with Crippen molar-refractivity contribution in [2.24, 2.45) is 5.41 Å². The summed E-state index contributed by atoms with van der Waals surface area (Å²) in [7, 11) is 0. The lowest BCUT2D eigenvalue weighted by Gasteiger charge is -2.47. The highest BCUT2D eigenvalue weighted by Crippen LogP contribution is 2.70. The normalized spacial score (nSPS) is 25.8. The standard InChI is InChI=1S/C58H51N3S/c59-36-37-26-28-38(29-27-37)42-32-33-45(44-19-8-7-18-43(42)44)46-20-13-23-50-56(46)47-31-30-41(34-51(47)58(50)48-21-9-11-24-54(48)62-55-25-12-10-22-49(55)58)53-35-52(39-14-3-1-4-15-39)60-57(61-53)40-16-5-2-6-17-40/h1-3,5-7,9,16-18,20-22,25-26,28,30-33,35,39,41H,4,8,10-15,19,23-24,27,29,34H2. The van der Waals surface area contributed by atoms with E-state index in [-0.39, 0.29) is 11.3 Å². The Bertz CT molecular complexity index is 2890. The number of nitriles is 1. The predicted octanol–water partition coefficient (Wildman–Crippen LogP) is 15.0. The van der Waals surface area contributed by atoms with E-state index in [1.807, 2.05) is 6.08 Å². The van der Waals surface area contributed by atoms with Gasteiger partial charge in [-0.25, -0.2) is 9.97 Å². The summed E-state index contributed by atoms with van der Waals surface area (Å²) in [4.78, 5) is 13.8. The molecular formula is C58H51N3S. The van der Waals surface area contributed by atoms with Crippen molar-refractivity contribution in [1.29, 1.82) is 5.26 Å². The first kappa shape index (κ1) is 38.0. The van der Waals surface area contributed by atoms with E-state index in [0.717, 1.165) is 113 Å². The van der Waals surface area contributed by atoms with E-state index in [4.69, 9.17) is 9.97 Å². The van der Waals surface area contributed by atoms with Crippen molar-refractivity contribution in [3.63, 3.8) is 0 Å². The van der Waals surface area contributed by atoms with Crippen molar-refractivity contribution in [1.82, 2.24) is 9.97 Å². The first-order chi connectivity index (χ1) is 30.7. The van der Waals surface area contributed by atoms with Gasteiger partial charge in [-0.1, -0.05) is 127 Å². The van der Waals surface area contributed by atoms with E-state index in [9.17, 15) is 5.26 Å². The number of aromatic nitrogens is 2. The van der Waals surface area contributed by atoms with Crippen LogP contribution in [0.4, 0.5) is 0 Å². The van der Waals surface area contributed by atoms with Gasteiger partial charge in [0, 0.05) is 33.6 Å². The Morgan fingerprint density at radius 1 is 0.726 bits per heavy atom. The summed E-state index contributed by atoms with van der Waals surface area (Å²) < 4.78 is 0. The lowest BCUT2D eigenvalue weighted by Crippen LogP contribution is -2.35. The van der Waals surface area contributed by atoms with Crippen LogP contribution < -0.4 is 0 Å². The fourth-order valence-corrected chi connectivity index (χ4v) is 13.5. The van der Waals surface area contributed by atoms with Crippen LogP contribution in [0.2, 0.25) is 0 Å². The zero-order valence-electron chi connectivity index (χ0n) is 35.4. The molecule has 3 nitrogen and oxygen atoms in total. The van der Waals surface area contributed by atoms with Gasteiger partial charge in [0.2, 0.25) is 0 Å². The molecule has 1 spiro atoms. The molecule has 0 N–H and O–H groups in total. The van der Waals surface area contributed by atoms with E-state index < -0.39 is 0 Å². The van der Waals surface area contributed by atoms with Crippen LogP contribution in [0.5, 0.6) is 0 Å². The number of benzene rings is 2. The molecule has 3 atom stereocenters. The van der Waals surface area contributed by atoms with Crippen molar-refractivity contribution >= 4 is 29.0 Å². The highest BCUT2D eigenvalue weighted by molar-refractivity contribution is 8.07. The van der Waals surface area contributed by atoms with E-state index >= 15 is 0 Å². The number of nitrogens with zero attached hydrogens (tertiary/aromatic N) is 3. The number of hydrogen-bond donors (Lipinski definition) is 0. The Morgan fingerprint density at radius 2 is 1.60 bits per heavy atom. The van der Waals surface area contributed by atoms with Crippen LogP contribution in [0.3, 0.4) is 0 Å². The quantitative estimate of drug-likeness (QED) is 0.241. The van der Waals surface area contributed by atoms with Crippen molar-refractivity contribution in [3.05, 3.63) is 204 Å². The first-order valence-corrected chi connectivity index (χ1v) is 24.1. The van der Waals surface area contributed by atoms with Crippen LogP contribution in [0.25, 0.3) is 28.6 Å². The van der Waals surface area contributed by atoms with Gasteiger partial charge < -0.3 is 0 Å². The molecule has 3 unspecified atom stereocenters. The van der Waals surface area contributed by atoms with Gasteiger partial charge in [-0.2, -0.15) is 5.26 Å². The maximum absolute atomic E-state index is 9.58. The highest BCUT2D eigenvalue weighted by atomic mass is 32.2. The molecule has 2 heterocycles. The minimum absolute atomic E-state index is 0.141. The summed E-state index contributed by atoms with van der Waals surface area (Å²) in [6, 6.07) is 20.3. The molecule has 0 fully saturated rings. The summed E-state index contributed by atoms with van der Waals surface area (Å²) in [5.41, 5.74) is 21.7. The van der Waals surface area contributed by atoms with E-state index in [1.165, 1.54) is 55.1 Å². The summed E-state index contributed by atoms with van der Waals surface area (Å²) >= 11 is 2.07. The Kier molecular flexibility index (Phi) is 9.52. The zero-order chi connectivity index (χ0) is 41.2. The number of rotatable bonds is 5. The van der Waals surface area contributed by atoms with Crippen molar-refractivity contribution < 1.29 is 0 Å².